The summed E-state index contributed by atoms with van der Waals surface area (Å²) in [6.07, 6.45) is 1.87. The molecule has 1 aromatic carbocycles. The molecule has 1 heterocycles. The third-order valence-corrected chi connectivity index (χ3v) is 2.48. The number of hydrogen-bond donors (Lipinski definition) is 1. The van der Waals surface area contributed by atoms with Crippen LogP contribution in [-0.4, -0.2) is 9.78 Å². The average molecular weight is 219 g/mol. The van der Waals surface area contributed by atoms with Gasteiger partial charge in [-0.3, -0.25) is 4.68 Å². The largest absolute Gasteiger partial charge is 0.365 e. The quantitative estimate of drug-likeness (QED) is 0.859. The van der Waals surface area contributed by atoms with E-state index in [0.29, 0.717) is 6.54 Å². The number of aryl methyl sites for hydroxylation is 2. The van der Waals surface area contributed by atoms with Crippen molar-refractivity contribution in [2.45, 2.75) is 13.5 Å². The summed E-state index contributed by atoms with van der Waals surface area (Å²) in [6.45, 7) is 2.56. The first-order valence-corrected chi connectivity index (χ1v) is 5.14. The van der Waals surface area contributed by atoms with Crippen LogP contribution in [-0.2, 0) is 13.6 Å². The molecule has 0 spiro atoms. The van der Waals surface area contributed by atoms with Gasteiger partial charge in [0.1, 0.15) is 11.6 Å². The maximum atomic E-state index is 12.9. The predicted octanol–water partition coefficient (Wildman–Crippen LogP) is 2.48. The lowest BCUT2D eigenvalue weighted by molar-refractivity contribution is 0.625. The van der Waals surface area contributed by atoms with Crippen molar-refractivity contribution in [3.63, 3.8) is 0 Å². The minimum absolute atomic E-state index is 0.195. The summed E-state index contributed by atoms with van der Waals surface area (Å²) < 4.78 is 14.6. The Hall–Kier alpha value is -1.84. The summed E-state index contributed by atoms with van der Waals surface area (Å²) in [6, 6.07) is 6.71. The lowest BCUT2D eigenvalue weighted by Crippen LogP contribution is -2.02. The van der Waals surface area contributed by atoms with E-state index in [1.54, 1.807) is 10.7 Å². The first kappa shape index (κ1) is 10.7. The molecule has 2 aromatic rings. The number of rotatable bonds is 3. The van der Waals surface area contributed by atoms with Crippen LogP contribution >= 0.6 is 0 Å². The highest BCUT2D eigenvalue weighted by Gasteiger charge is 2.01. The minimum atomic E-state index is -0.195. The third-order valence-electron chi connectivity index (χ3n) is 2.48. The summed E-state index contributed by atoms with van der Waals surface area (Å²) >= 11 is 0. The number of hydrogen-bond acceptors (Lipinski definition) is 2. The van der Waals surface area contributed by atoms with E-state index in [4.69, 9.17) is 0 Å². The molecule has 0 aliphatic carbocycles. The average Bonchev–Trinajstić information content (AvgIpc) is 2.63. The van der Waals surface area contributed by atoms with Crippen molar-refractivity contribution < 1.29 is 4.39 Å². The molecule has 0 aliphatic rings. The van der Waals surface area contributed by atoms with E-state index < -0.39 is 0 Å². The van der Waals surface area contributed by atoms with Crippen molar-refractivity contribution in [1.29, 1.82) is 0 Å². The van der Waals surface area contributed by atoms with Gasteiger partial charge in [-0.05, 0) is 30.2 Å². The molecular weight excluding hydrogens is 205 g/mol. The lowest BCUT2D eigenvalue weighted by Gasteiger charge is -2.06. The second-order valence-corrected chi connectivity index (χ2v) is 3.80. The molecule has 84 valence electrons. The van der Waals surface area contributed by atoms with Crippen molar-refractivity contribution >= 4 is 5.82 Å². The number of nitrogens with zero attached hydrogens (tertiary/aromatic N) is 2. The van der Waals surface area contributed by atoms with Gasteiger partial charge >= 0.3 is 0 Å². The van der Waals surface area contributed by atoms with Crippen LogP contribution in [0.15, 0.2) is 30.5 Å². The summed E-state index contributed by atoms with van der Waals surface area (Å²) in [5.74, 6) is 0.630. The highest BCUT2D eigenvalue weighted by molar-refractivity contribution is 5.36. The number of nitrogens with one attached hydrogen (secondary N) is 1. The molecule has 0 unspecified atom stereocenters. The van der Waals surface area contributed by atoms with Gasteiger partial charge in [-0.25, -0.2) is 4.39 Å². The Bertz CT molecular complexity index is 491. The van der Waals surface area contributed by atoms with Crippen molar-refractivity contribution in [2.24, 2.45) is 7.05 Å². The third kappa shape index (κ3) is 2.39. The van der Waals surface area contributed by atoms with Crippen LogP contribution in [0.1, 0.15) is 11.1 Å². The Morgan fingerprint density at radius 2 is 2.19 bits per heavy atom. The second kappa shape index (κ2) is 4.35. The Kier molecular flexibility index (Phi) is 2.90. The molecule has 4 heteroatoms. The van der Waals surface area contributed by atoms with Gasteiger partial charge in [-0.1, -0.05) is 6.07 Å². The molecule has 0 amide bonds. The molecule has 16 heavy (non-hydrogen) atoms. The van der Waals surface area contributed by atoms with E-state index in [9.17, 15) is 4.39 Å². The summed E-state index contributed by atoms with van der Waals surface area (Å²) in [5.41, 5.74) is 2.02. The summed E-state index contributed by atoms with van der Waals surface area (Å²) in [4.78, 5) is 0. The first-order chi connectivity index (χ1) is 7.65. The van der Waals surface area contributed by atoms with Crippen LogP contribution < -0.4 is 5.32 Å². The zero-order valence-electron chi connectivity index (χ0n) is 9.37. The predicted molar refractivity (Wildman–Crippen MR) is 61.7 cm³/mol. The monoisotopic (exact) mass is 219 g/mol. The molecular formula is C12H14FN3. The number of benzene rings is 1. The fourth-order valence-corrected chi connectivity index (χ4v) is 1.55. The minimum Gasteiger partial charge on any atom is -0.365 e. The highest BCUT2D eigenvalue weighted by atomic mass is 19.1. The second-order valence-electron chi connectivity index (χ2n) is 3.80. The molecule has 1 N–H and O–H groups in total. The van der Waals surface area contributed by atoms with E-state index in [-0.39, 0.29) is 5.82 Å². The van der Waals surface area contributed by atoms with Gasteiger partial charge in [0.2, 0.25) is 0 Å². The van der Waals surface area contributed by atoms with Gasteiger partial charge < -0.3 is 5.32 Å². The van der Waals surface area contributed by atoms with Gasteiger partial charge in [0.15, 0.2) is 0 Å². The van der Waals surface area contributed by atoms with E-state index in [1.165, 1.54) is 12.1 Å². The maximum Gasteiger partial charge on any atom is 0.148 e. The van der Waals surface area contributed by atoms with Crippen LogP contribution in [0, 0.1) is 12.7 Å². The van der Waals surface area contributed by atoms with Gasteiger partial charge in [0.05, 0.1) is 0 Å². The zero-order valence-corrected chi connectivity index (χ0v) is 9.37. The van der Waals surface area contributed by atoms with Gasteiger partial charge in [0.25, 0.3) is 0 Å². The van der Waals surface area contributed by atoms with E-state index in [2.05, 4.69) is 10.4 Å². The van der Waals surface area contributed by atoms with Crippen LogP contribution in [0.5, 0.6) is 0 Å². The van der Waals surface area contributed by atoms with Crippen LogP contribution in [0.4, 0.5) is 10.2 Å². The molecule has 0 saturated carbocycles. The molecule has 0 fully saturated rings. The maximum absolute atomic E-state index is 12.9. The standard InChI is InChI=1S/C12H14FN3/c1-9-7-11(13)4-3-10(9)8-14-12-5-6-16(2)15-12/h3-7H,8H2,1-2H3,(H,14,15). The van der Waals surface area contributed by atoms with Crippen molar-refractivity contribution in [2.75, 3.05) is 5.32 Å². The topological polar surface area (TPSA) is 29.9 Å². The molecule has 0 atom stereocenters. The number of aromatic nitrogens is 2. The van der Waals surface area contributed by atoms with Gasteiger partial charge in [-0.15, -0.1) is 0 Å². The SMILES string of the molecule is Cc1cc(F)ccc1CNc1ccn(C)n1. The van der Waals surface area contributed by atoms with Crippen molar-refractivity contribution in [3.05, 3.63) is 47.4 Å². The zero-order chi connectivity index (χ0) is 11.5. The van der Waals surface area contributed by atoms with Crippen molar-refractivity contribution in [1.82, 2.24) is 9.78 Å². The Morgan fingerprint density at radius 3 is 2.81 bits per heavy atom. The smallest absolute Gasteiger partial charge is 0.148 e. The van der Waals surface area contributed by atoms with Gasteiger partial charge in [0, 0.05) is 25.9 Å². The van der Waals surface area contributed by atoms with E-state index in [1.807, 2.05) is 26.2 Å². The van der Waals surface area contributed by atoms with Gasteiger partial charge in [-0.2, -0.15) is 5.10 Å². The number of halogens is 1. The molecule has 1 aromatic heterocycles. The van der Waals surface area contributed by atoms with Crippen LogP contribution in [0.25, 0.3) is 0 Å². The molecule has 0 saturated heterocycles. The normalized spacial score (nSPS) is 10.4. The Balaban J connectivity index is 2.04. The van der Waals surface area contributed by atoms with E-state index in [0.717, 1.165) is 16.9 Å². The Morgan fingerprint density at radius 1 is 1.38 bits per heavy atom. The van der Waals surface area contributed by atoms with Crippen molar-refractivity contribution in [3.8, 4) is 0 Å². The van der Waals surface area contributed by atoms with Crippen LogP contribution in [0.3, 0.4) is 0 Å². The lowest BCUT2D eigenvalue weighted by atomic mass is 10.1. The summed E-state index contributed by atoms with van der Waals surface area (Å²) in [5, 5.41) is 7.39. The number of anilines is 1. The molecule has 2 rings (SSSR count). The Labute approximate surface area is 93.9 Å². The molecule has 0 bridgehead atoms. The fourth-order valence-electron chi connectivity index (χ4n) is 1.55. The highest BCUT2D eigenvalue weighted by Crippen LogP contribution is 2.12. The molecule has 3 nitrogen and oxygen atoms in total. The molecule has 0 radical (unpaired) electrons. The molecule has 0 aliphatic heterocycles. The van der Waals surface area contributed by atoms with E-state index >= 15 is 0 Å². The van der Waals surface area contributed by atoms with Crippen LogP contribution in [0.2, 0.25) is 0 Å². The first-order valence-electron chi connectivity index (χ1n) is 5.14. The summed E-state index contributed by atoms with van der Waals surface area (Å²) in [7, 11) is 1.87. The fraction of sp³-hybridized carbons (Fsp3) is 0.250.